The predicted molar refractivity (Wildman–Crippen MR) is 50.7 cm³/mol. The number of allylic oxidation sites excluding steroid dienone is 2. The van der Waals surface area contributed by atoms with Crippen LogP contribution in [0.1, 0.15) is 13.3 Å². The summed E-state index contributed by atoms with van der Waals surface area (Å²) in [6.07, 6.45) is 0.330. The molecule has 78 valence electrons. The molecule has 1 heterocycles. The SMILES string of the molecule is COC(=O)C1CO/C(=C(\C)N)C(=N)C1. The van der Waals surface area contributed by atoms with Crippen LogP contribution in [0.15, 0.2) is 11.5 Å². The molecule has 0 amide bonds. The normalized spacial score (nSPS) is 25.3. The van der Waals surface area contributed by atoms with Gasteiger partial charge < -0.3 is 20.6 Å². The Bertz CT molecular complexity index is 292. The van der Waals surface area contributed by atoms with Crippen molar-refractivity contribution in [3.8, 4) is 0 Å². The lowest BCUT2D eigenvalue weighted by atomic mass is 9.98. The Morgan fingerprint density at radius 2 is 2.36 bits per heavy atom. The third-order valence-electron chi connectivity index (χ3n) is 2.05. The van der Waals surface area contributed by atoms with Crippen LogP contribution in [-0.2, 0) is 14.3 Å². The average molecular weight is 198 g/mol. The molecule has 1 aliphatic rings. The molecule has 0 aromatic carbocycles. The summed E-state index contributed by atoms with van der Waals surface area (Å²) in [7, 11) is 1.32. The van der Waals surface area contributed by atoms with Gasteiger partial charge in [0.05, 0.1) is 18.7 Å². The van der Waals surface area contributed by atoms with Gasteiger partial charge in [0.2, 0.25) is 0 Å². The first-order chi connectivity index (χ1) is 6.56. The molecule has 3 N–H and O–H groups in total. The molecule has 0 aromatic heterocycles. The zero-order chi connectivity index (χ0) is 10.7. The monoisotopic (exact) mass is 198 g/mol. The molecule has 5 heteroatoms. The highest BCUT2D eigenvalue weighted by Crippen LogP contribution is 2.20. The van der Waals surface area contributed by atoms with E-state index in [0.717, 1.165) is 0 Å². The van der Waals surface area contributed by atoms with Crippen molar-refractivity contribution in [2.45, 2.75) is 13.3 Å². The molecule has 1 atom stereocenters. The van der Waals surface area contributed by atoms with E-state index < -0.39 is 0 Å². The zero-order valence-corrected chi connectivity index (χ0v) is 8.29. The first kappa shape index (κ1) is 10.6. The van der Waals surface area contributed by atoms with Crippen LogP contribution in [0.4, 0.5) is 0 Å². The van der Waals surface area contributed by atoms with Crippen molar-refractivity contribution >= 4 is 11.7 Å². The van der Waals surface area contributed by atoms with Gasteiger partial charge in [-0.05, 0) is 6.92 Å². The number of rotatable bonds is 1. The first-order valence-corrected chi connectivity index (χ1v) is 4.31. The minimum absolute atomic E-state index is 0.235. The van der Waals surface area contributed by atoms with E-state index in [9.17, 15) is 4.79 Å². The lowest BCUT2D eigenvalue weighted by molar-refractivity contribution is -0.147. The van der Waals surface area contributed by atoms with Crippen molar-refractivity contribution in [1.29, 1.82) is 5.41 Å². The molecule has 0 radical (unpaired) electrons. The van der Waals surface area contributed by atoms with Gasteiger partial charge in [0.15, 0.2) is 5.76 Å². The van der Waals surface area contributed by atoms with Crippen LogP contribution >= 0.6 is 0 Å². The number of nitrogens with two attached hydrogens (primary N) is 1. The van der Waals surface area contributed by atoms with Crippen molar-refractivity contribution in [2.24, 2.45) is 11.7 Å². The molecular formula is C9H14N2O3. The molecule has 1 rings (SSSR count). The van der Waals surface area contributed by atoms with Crippen molar-refractivity contribution in [3.05, 3.63) is 11.5 Å². The number of esters is 1. The Kier molecular flexibility index (Phi) is 3.11. The van der Waals surface area contributed by atoms with Gasteiger partial charge in [-0.2, -0.15) is 0 Å². The van der Waals surface area contributed by atoms with Gasteiger partial charge in [-0.15, -0.1) is 0 Å². The van der Waals surface area contributed by atoms with Gasteiger partial charge in [0.1, 0.15) is 6.61 Å². The van der Waals surface area contributed by atoms with E-state index in [1.54, 1.807) is 6.92 Å². The van der Waals surface area contributed by atoms with Crippen molar-refractivity contribution in [1.82, 2.24) is 0 Å². The second-order valence-corrected chi connectivity index (χ2v) is 3.23. The highest BCUT2D eigenvalue weighted by molar-refractivity contribution is 5.99. The van der Waals surface area contributed by atoms with Gasteiger partial charge >= 0.3 is 5.97 Å². The molecule has 0 saturated carbocycles. The summed E-state index contributed by atoms with van der Waals surface area (Å²) in [6.45, 7) is 1.90. The van der Waals surface area contributed by atoms with Crippen LogP contribution < -0.4 is 5.73 Å². The van der Waals surface area contributed by atoms with Crippen LogP contribution in [0.5, 0.6) is 0 Å². The van der Waals surface area contributed by atoms with Gasteiger partial charge in [-0.1, -0.05) is 0 Å². The van der Waals surface area contributed by atoms with Gasteiger partial charge in [-0.25, -0.2) is 0 Å². The second-order valence-electron chi connectivity index (χ2n) is 3.23. The van der Waals surface area contributed by atoms with Crippen LogP contribution in [0, 0.1) is 11.3 Å². The summed E-state index contributed by atoms with van der Waals surface area (Å²) in [4.78, 5) is 11.1. The predicted octanol–water partition coefficient (Wildman–Crippen LogP) is 0.406. The number of hydrogen-bond acceptors (Lipinski definition) is 5. The number of ether oxygens (including phenoxy) is 2. The number of carbonyl (C=O) groups is 1. The highest BCUT2D eigenvalue weighted by atomic mass is 16.5. The van der Waals surface area contributed by atoms with Crippen molar-refractivity contribution in [3.63, 3.8) is 0 Å². The summed E-state index contributed by atoms with van der Waals surface area (Å²) < 4.78 is 9.79. The molecule has 14 heavy (non-hydrogen) atoms. The zero-order valence-electron chi connectivity index (χ0n) is 8.29. The fourth-order valence-electron chi connectivity index (χ4n) is 1.34. The maximum atomic E-state index is 11.1. The average Bonchev–Trinajstić information content (AvgIpc) is 2.15. The quantitative estimate of drug-likeness (QED) is 0.597. The number of carbonyl (C=O) groups excluding carboxylic acids is 1. The molecule has 0 aromatic rings. The second kappa shape index (κ2) is 4.13. The molecule has 5 nitrogen and oxygen atoms in total. The molecular weight excluding hydrogens is 184 g/mol. The topological polar surface area (TPSA) is 85.4 Å². The van der Waals surface area contributed by atoms with E-state index in [2.05, 4.69) is 4.74 Å². The summed E-state index contributed by atoms with van der Waals surface area (Å²) in [6, 6.07) is 0. The number of methoxy groups -OCH3 is 1. The van der Waals surface area contributed by atoms with Crippen molar-refractivity contribution in [2.75, 3.05) is 13.7 Å². The van der Waals surface area contributed by atoms with Gasteiger partial charge in [-0.3, -0.25) is 4.79 Å². The van der Waals surface area contributed by atoms with E-state index in [-0.39, 0.29) is 24.2 Å². The number of hydrogen-bond donors (Lipinski definition) is 2. The summed E-state index contributed by atoms with van der Waals surface area (Å²) in [5, 5.41) is 7.60. The molecule has 1 saturated heterocycles. The largest absolute Gasteiger partial charge is 0.489 e. The summed E-state index contributed by atoms with van der Waals surface area (Å²) in [5.74, 6) is -0.329. The minimum Gasteiger partial charge on any atom is -0.489 e. The van der Waals surface area contributed by atoms with E-state index in [1.807, 2.05) is 0 Å². The summed E-state index contributed by atoms with van der Waals surface area (Å²) in [5.41, 5.74) is 6.24. The van der Waals surface area contributed by atoms with E-state index >= 15 is 0 Å². The fraction of sp³-hybridized carbons (Fsp3) is 0.556. The Balaban J connectivity index is 2.69. The maximum absolute atomic E-state index is 11.1. The highest BCUT2D eigenvalue weighted by Gasteiger charge is 2.29. The Labute approximate surface area is 82.4 Å². The third kappa shape index (κ3) is 2.04. The van der Waals surface area contributed by atoms with Crippen LogP contribution in [0.2, 0.25) is 0 Å². The van der Waals surface area contributed by atoms with Crippen LogP contribution in [-0.4, -0.2) is 25.4 Å². The third-order valence-corrected chi connectivity index (χ3v) is 2.05. The minimum atomic E-state index is -0.379. The molecule has 0 aliphatic carbocycles. The molecule has 1 aliphatic heterocycles. The molecule has 0 bridgehead atoms. The van der Waals surface area contributed by atoms with Crippen LogP contribution in [0.3, 0.4) is 0 Å². The number of nitrogens with one attached hydrogen (secondary N) is 1. The lowest BCUT2D eigenvalue weighted by Gasteiger charge is -2.24. The lowest BCUT2D eigenvalue weighted by Crippen LogP contribution is -2.31. The van der Waals surface area contributed by atoms with E-state index in [4.69, 9.17) is 15.9 Å². The Hall–Kier alpha value is -1.52. The Morgan fingerprint density at radius 3 is 2.79 bits per heavy atom. The molecule has 1 unspecified atom stereocenters. The van der Waals surface area contributed by atoms with Crippen LogP contribution in [0.25, 0.3) is 0 Å². The van der Waals surface area contributed by atoms with Gasteiger partial charge in [0.25, 0.3) is 0 Å². The smallest absolute Gasteiger partial charge is 0.312 e. The first-order valence-electron chi connectivity index (χ1n) is 4.31. The fourth-order valence-corrected chi connectivity index (χ4v) is 1.34. The molecule has 1 fully saturated rings. The Morgan fingerprint density at radius 1 is 1.71 bits per heavy atom. The van der Waals surface area contributed by atoms with Gasteiger partial charge in [0, 0.05) is 12.1 Å². The standard InChI is InChI=1S/C9H14N2O3/c1-5(10)8-7(11)3-6(4-14-8)9(12)13-2/h6,11H,3-4,10H2,1-2H3/b8-5+,11-7?. The molecule has 0 spiro atoms. The van der Waals surface area contributed by atoms with E-state index in [1.165, 1.54) is 7.11 Å². The van der Waals surface area contributed by atoms with Crippen molar-refractivity contribution < 1.29 is 14.3 Å². The van der Waals surface area contributed by atoms with E-state index in [0.29, 0.717) is 17.9 Å². The summed E-state index contributed by atoms with van der Waals surface area (Å²) >= 11 is 0. The maximum Gasteiger partial charge on any atom is 0.312 e.